The van der Waals surface area contributed by atoms with Gasteiger partial charge in [0.25, 0.3) is 0 Å². The summed E-state index contributed by atoms with van der Waals surface area (Å²) < 4.78 is 27.1. The van der Waals surface area contributed by atoms with E-state index in [2.05, 4.69) is 0 Å². The highest BCUT2D eigenvalue weighted by Gasteiger charge is 2.52. The van der Waals surface area contributed by atoms with Gasteiger partial charge in [-0.1, -0.05) is 18.2 Å². The number of aliphatic hydroxyl groups excluding tert-OH is 1. The third kappa shape index (κ3) is 5.66. The van der Waals surface area contributed by atoms with Crippen molar-refractivity contribution in [1.82, 2.24) is 0 Å². The number of para-hydroxylation sites is 1. The lowest BCUT2D eigenvalue weighted by Crippen LogP contribution is -2.63. The van der Waals surface area contributed by atoms with E-state index in [0.29, 0.717) is 5.75 Å². The predicted molar refractivity (Wildman–Crippen MR) is 89.5 cm³/mol. The Hall–Kier alpha value is -2.65. The lowest BCUT2D eigenvalue weighted by molar-refractivity contribution is -0.287. The van der Waals surface area contributed by atoms with Gasteiger partial charge in [-0.15, -0.1) is 0 Å². The molecule has 1 N–H and O–H groups in total. The molecule has 0 bridgehead atoms. The lowest BCUT2D eigenvalue weighted by Gasteiger charge is -2.43. The molecule has 0 radical (unpaired) electrons. The Balaban J connectivity index is 2.38. The molecule has 5 atom stereocenters. The Morgan fingerprint density at radius 2 is 1.41 bits per heavy atom. The predicted octanol–water partition coefficient (Wildman–Crippen LogP) is 0.578. The first kappa shape index (κ1) is 20.7. The van der Waals surface area contributed by atoms with E-state index in [4.69, 9.17) is 23.7 Å². The maximum Gasteiger partial charge on any atom is 0.303 e. The fourth-order valence-corrected chi connectivity index (χ4v) is 2.73. The minimum atomic E-state index is -1.23. The van der Waals surface area contributed by atoms with Gasteiger partial charge < -0.3 is 28.8 Å². The third-order valence-corrected chi connectivity index (χ3v) is 3.67. The summed E-state index contributed by atoms with van der Waals surface area (Å²) in [6, 6.07) is 8.55. The summed E-state index contributed by atoms with van der Waals surface area (Å²) >= 11 is 0. The Bertz CT molecular complexity index is 660. The number of aliphatic hydroxyl groups is 1. The quantitative estimate of drug-likeness (QED) is 0.557. The van der Waals surface area contributed by atoms with Crippen molar-refractivity contribution in [3.05, 3.63) is 30.3 Å². The van der Waals surface area contributed by atoms with E-state index in [1.54, 1.807) is 30.3 Å². The number of carbonyl (C=O) groups is 3. The van der Waals surface area contributed by atoms with Crippen LogP contribution in [0, 0.1) is 0 Å². The standard InChI is InChI=1S/C18H22O9/c1-10(20)23-15-14(9-19)27-18(26-13-7-5-4-6-8-13)17(25-12(3)22)16(15)24-11(2)21/h4-8,14-19H,9H2,1-3H3/t14-,15-,16+,17-,18+/m1/s1. The third-order valence-electron chi connectivity index (χ3n) is 3.67. The van der Waals surface area contributed by atoms with Crippen LogP contribution >= 0.6 is 0 Å². The topological polar surface area (TPSA) is 118 Å². The van der Waals surface area contributed by atoms with Crippen molar-refractivity contribution in [2.45, 2.75) is 51.5 Å². The van der Waals surface area contributed by atoms with E-state index in [0.717, 1.165) is 13.8 Å². The highest BCUT2D eigenvalue weighted by atomic mass is 16.7. The zero-order valence-corrected chi connectivity index (χ0v) is 15.2. The number of carbonyl (C=O) groups excluding carboxylic acids is 3. The van der Waals surface area contributed by atoms with Gasteiger partial charge in [-0.25, -0.2) is 0 Å². The maximum absolute atomic E-state index is 11.6. The Labute approximate surface area is 156 Å². The van der Waals surface area contributed by atoms with Gasteiger partial charge in [0.05, 0.1) is 6.61 Å². The Morgan fingerprint density at radius 3 is 1.93 bits per heavy atom. The largest absolute Gasteiger partial charge is 0.461 e. The summed E-state index contributed by atoms with van der Waals surface area (Å²) in [6.45, 7) is 2.94. The molecule has 0 spiro atoms. The van der Waals surface area contributed by atoms with E-state index in [1.807, 2.05) is 0 Å². The fraction of sp³-hybridized carbons (Fsp3) is 0.500. The Morgan fingerprint density at radius 1 is 0.889 bits per heavy atom. The lowest BCUT2D eigenvalue weighted by atomic mass is 9.98. The molecule has 1 heterocycles. The van der Waals surface area contributed by atoms with Crippen molar-refractivity contribution in [3.8, 4) is 5.75 Å². The van der Waals surface area contributed by atoms with Crippen molar-refractivity contribution in [2.24, 2.45) is 0 Å². The highest BCUT2D eigenvalue weighted by molar-refractivity contribution is 5.68. The molecule has 0 aliphatic carbocycles. The van der Waals surface area contributed by atoms with Crippen LogP contribution in [0.25, 0.3) is 0 Å². The summed E-state index contributed by atoms with van der Waals surface area (Å²) in [4.78, 5) is 34.6. The number of benzene rings is 1. The van der Waals surface area contributed by atoms with E-state index >= 15 is 0 Å². The molecule has 9 heteroatoms. The zero-order valence-electron chi connectivity index (χ0n) is 15.2. The summed E-state index contributed by atoms with van der Waals surface area (Å²) in [5, 5.41) is 9.66. The first-order valence-corrected chi connectivity index (χ1v) is 8.31. The van der Waals surface area contributed by atoms with Crippen LogP contribution in [-0.4, -0.2) is 60.3 Å². The number of hydrogen-bond acceptors (Lipinski definition) is 9. The highest BCUT2D eigenvalue weighted by Crippen LogP contribution is 2.30. The number of ether oxygens (including phenoxy) is 5. The van der Waals surface area contributed by atoms with E-state index in [-0.39, 0.29) is 0 Å². The molecule has 1 aromatic carbocycles. The van der Waals surface area contributed by atoms with Gasteiger partial charge >= 0.3 is 17.9 Å². The average molecular weight is 382 g/mol. The van der Waals surface area contributed by atoms with Gasteiger partial charge in [-0.3, -0.25) is 14.4 Å². The molecule has 0 amide bonds. The smallest absolute Gasteiger partial charge is 0.303 e. The molecule has 2 rings (SSSR count). The van der Waals surface area contributed by atoms with Crippen molar-refractivity contribution < 1.29 is 43.2 Å². The molecule has 0 aromatic heterocycles. The van der Waals surface area contributed by atoms with Crippen molar-refractivity contribution >= 4 is 17.9 Å². The molecule has 0 saturated carbocycles. The van der Waals surface area contributed by atoms with Crippen LogP contribution in [0.15, 0.2) is 30.3 Å². The molecule has 9 nitrogen and oxygen atoms in total. The SMILES string of the molecule is CC(=O)O[C@@H]1[C@@H](OC(C)=O)[C@@H](Oc2ccccc2)O[C@H](CO)[C@H]1OC(C)=O. The first-order chi connectivity index (χ1) is 12.8. The number of hydrogen-bond donors (Lipinski definition) is 1. The van der Waals surface area contributed by atoms with Gasteiger partial charge in [0, 0.05) is 20.8 Å². The summed E-state index contributed by atoms with van der Waals surface area (Å²) in [5.41, 5.74) is 0. The van der Waals surface area contributed by atoms with Crippen molar-refractivity contribution in [1.29, 1.82) is 0 Å². The minimum Gasteiger partial charge on any atom is -0.461 e. The number of rotatable bonds is 6. The van der Waals surface area contributed by atoms with Crippen molar-refractivity contribution in [3.63, 3.8) is 0 Å². The molecule has 1 saturated heterocycles. The molecule has 1 aromatic rings. The summed E-state index contributed by atoms with van der Waals surface area (Å²) in [6.07, 6.45) is -5.89. The minimum absolute atomic E-state index is 0.406. The normalized spacial score (nSPS) is 27.3. The Kier molecular flexibility index (Phi) is 7.14. The second-order valence-corrected chi connectivity index (χ2v) is 5.88. The van der Waals surface area contributed by atoms with Crippen LogP contribution in [0.1, 0.15) is 20.8 Å². The summed E-state index contributed by atoms with van der Waals surface area (Å²) in [5.74, 6) is -1.63. The first-order valence-electron chi connectivity index (χ1n) is 8.31. The maximum atomic E-state index is 11.6. The van der Waals surface area contributed by atoms with Crippen LogP contribution in [0.3, 0.4) is 0 Å². The number of esters is 3. The van der Waals surface area contributed by atoms with Gasteiger partial charge in [-0.05, 0) is 12.1 Å². The van der Waals surface area contributed by atoms with E-state index in [9.17, 15) is 19.5 Å². The van der Waals surface area contributed by atoms with Gasteiger partial charge in [-0.2, -0.15) is 0 Å². The molecule has 1 fully saturated rings. The zero-order chi connectivity index (χ0) is 20.0. The van der Waals surface area contributed by atoms with Crippen LogP contribution < -0.4 is 4.74 Å². The van der Waals surface area contributed by atoms with Gasteiger partial charge in [0.2, 0.25) is 12.4 Å². The second-order valence-electron chi connectivity index (χ2n) is 5.88. The second kappa shape index (κ2) is 9.33. The van der Waals surface area contributed by atoms with Crippen LogP contribution in [0.4, 0.5) is 0 Å². The van der Waals surface area contributed by atoms with Gasteiger partial charge in [0.1, 0.15) is 11.9 Å². The molecule has 1 aliphatic rings. The monoisotopic (exact) mass is 382 g/mol. The molecule has 1 aliphatic heterocycles. The van der Waals surface area contributed by atoms with E-state index < -0.39 is 55.2 Å². The van der Waals surface area contributed by atoms with Crippen LogP contribution in [0.5, 0.6) is 5.75 Å². The molecular formula is C18H22O9. The van der Waals surface area contributed by atoms with Gasteiger partial charge in [0.15, 0.2) is 12.2 Å². The summed E-state index contributed by atoms with van der Waals surface area (Å²) in [7, 11) is 0. The molecule has 27 heavy (non-hydrogen) atoms. The van der Waals surface area contributed by atoms with Crippen molar-refractivity contribution in [2.75, 3.05) is 6.61 Å². The average Bonchev–Trinajstić information content (AvgIpc) is 2.59. The molecular weight excluding hydrogens is 360 g/mol. The van der Waals surface area contributed by atoms with Crippen LogP contribution in [0.2, 0.25) is 0 Å². The van der Waals surface area contributed by atoms with E-state index in [1.165, 1.54) is 6.92 Å². The fourth-order valence-electron chi connectivity index (χ4n) is 2.73. The van der Waals surface area contributed by atoms with Crippen LogP contribution in [-0.2, 0) is 33.3 Å². The molecule has 0 unspecified atom stereocenters. The molecule has 148 valence electrons.